The summed E-state index contributed by atoms with van der Waals surface area (Å²) in [6, 6.07) is 15.3. The summed E-state index contributed by atoms with van der Waals surface area (Å²) in [5.41, 5.74) is 4.92. The number of hydrogen-bond donors (Lipinski definition) is 2. The molecule has 0 bridgehead atoms. The van der Waals surface area contributed by atoms with Crippen LogP contribution in [0.25, 0.3) is 11.1 Å². The molecule has 2 aliphatic heterocycles. The number of hydrogen-bond acceptors (Lipinski definition) is 12. The molecule has 0 aliphatic carbocycles. The van der Waals surface area contributed by atoms with E-state index in [0.29, 0.717) is 22.8 Å². The van der Waals surface area contributed by atoms with Gasteiger partial charge in [-0.25, -0.2) is 0 Å². The maximum atomic E-state index is 13.2. The number of carbonyl (C=O) groups is 2. The number of aryl methyl sites for hydroxylation is 2. The summed E-state index contributed by atoms with van der Waals surface area (Å²) >= 11 is 12.4. The van der Waals surface area contributed by atoms with Gasteiger partial charge in [-0.15, -0.1) is 0 Å². The maximum absolute atomic E-state index is 13.2. The molecule has 16 nitrogen and oxygen atoms in total. The number of carbonyl (C=O) groups excluding carboxylic acids is 2. The number of nitrogens with zero attached hydrogens (tertiary/aromatic N) is 8. The Kier molecular flexibility index (Phi) is 10.4. The van der Waals surface area contributed by atoms with E-state index in [1.165, 1.54) is 12.1 Å². The zero-order valence-corrected chi connectivity index (χ0v) is 31.7. The van der Waals surface area contributed by atoms with Crippen LogP contribution in [0.15, 0.2) is 113 Å². The highest BCUT2D eigenvalue weighted by Gasteiger charge is 2.37. The minimum atomic E-state index is -4.55. The largest absolute Gasteiger partial charge is 0.294 e. The summed E-state index contributed by atoms with van der Waals surface area (Å²) < 4.78 is 65.4. The summed E-state index contributed by atoms with van der Waals surface area (Å²) in [6.07, 6.45) is 0. The Balaban J connectivity index is 1.15. The molecule has 0 radical (unpaired) electrons. The van der Waals surface area contributed by atoms with E-state index in [9.17, 15) is 35.5 Å². The van der Waals surface area contributed by atoms with Crippen molar-refractivity contribution in [2.45, 2.75) is 49.6 Å². The lowest BCUT2D eigenvalue weighted by molar-refractivity contribution is -0.118. The van der Waals surface area contributed by atoms with Gasteiger partial charge in [0.15, 0.2) is 12.1 Å². The molecule has 2 amide bonds. The second kappa shape index (κ2) is 14.5. The SMILES string of the molecule is CC1=NN(c2cc(S(=O)(=O)O)ccc2Cl)C(=O)C1N=Nc1ccc(-c2ccc(N=NC3C(=O)N(c4cc(S(=O)(=O)O)ccc4Cl)N=C3C)cc2C)c(C)c1. The van der Waals surface area contributed by atoms with Gasteiger partial charge in [-0.3, -0.25) is 18.7 Å². The third kappa shape index (κ3) is 7.70. The molecule has 0 fully saturated rings. The van der Waals surface area contributed by atoms with Crippen LogP contribution >= 0.6 is 23.2 Å². The topological polar surface area (TPSA) is 224 Å². The quantitative estimate of drug-likeness (QED) is 0.127. The fourth-order valence-corrected chi connectivity index (χ4v) is 7.02. The zero-order chi connectivity index (χ0) is 39.3. The average molecular weight is 812 g/mol. The van der Waals surface area contributed by atoms with Gasteiger partial charge in [0.25, 0.3) is 32.1 Å². The molecule has 2 N–H and O–H groups in total. The van der Waals surface area contributed by atoms with Crippen LogP contribution < -0.4 is 10.0 Å². The Bertz CT molecular complexity index is 2430. The molecule has 4 aromatic rings. The third-order valence-corrected chi connectivity index (χ3v) is 10.7. The van der Waals surface area contributed by atoms with Crippen LogP contribution in [0.3, 0.4) is 0 Å². The Hall–Kier alpha value is -5.24. The monoisotopic (exact) mass is 810 g/mol. The molecule has 2 aliphatic rings. The maximum Gasteiger partial charge on any atom is 0.294 e. The third-order valence-electron chi connectivity index (χ3n) is 8.37. The molecule has 20 heteroatoms. The van der Waals surface area contributed by atoms with Crippen LogP contribution in [0.4, 0.5) is 22.7 Å². The van der Waals surface area contributed by atoms with E-state index in [4.69, 9.17) is 23.2 Å². The highest BCUT2D eigenvalue weighted by Crippen LogP contribution is 2.36. The second-order valence-electron chi connectivity index (χ2n) is 12.2. The van der Waals surface area contributed by atoms with Crippen molar-refractivity contribution >= 4 is 89.4 Å². The molecule has 0 aromatic heterocycles. The lowest BCUT2D eigenvalue weighted by Crippen LogP contribution is -2.30. The molecule has 0 spiro atoms. The predicted octanol–water partition coefficient (Wildman–Crippen LogP) is 7.52. The molecule has 4 aromatic carbocycles. The van der Waals surface area contributed by atoms with Gasteiger partial charge < -0.3 is 0 Å². The van der Waals surface area contributed by atoms with Crippen LogP contribution in [0.1, 0.15) is 25.0 Å². The highest BCUT2D eigenvalue weighted by atomic mass is 35.5. The van der Waals surface area contributed by atoms with Crippen molar-refractivity contribution in [3.63, 3.8) is 0 Å². The zero-order valence-electron chi connectivity index (χ0n) is 28.6. The van der Waals surface area contributed by atoms with Crippen LogP contribution in [-0.4, -0.2) is 61.3 Å². The number of azo groups is 2. The van der Waals surface area contributed by atoms with Crippen LogP contribution in [0.2, 0.25) is 10.0 Å². The first-order valence-corrected chi connectivity index (χ1v) is 19.3. The first-order chi connectivity index (χ1) is 25.3. The molecule has 54 heavy (non-hydrogen) atoms. The van der Waals surface area contributed by atoms with E-state index in [2.05, 4.69) is 30.7 Å². The van der Waals surface area contributed by atoms with E-state index in [1.807, 2.05) is 26.0 Å². The minimum absolute atomic E-state index is 0.0351. The van der Waals surface area contributed by atoms with Crippen LogP contribution in [0.5, 0.6) is 0 Å². The Morgan fingerprint density at radius 1 is 0.593 bits per heavy atom. The van der Waals surface area contributed by atoms with Crippen molar-refractivity contribution in [1.29, 1.82) is 0 Å². The fourth-order valence-electron chi connectivity index (χ4n) is 5.63. The Labute approximate surface area is 319 Å². The number of hydrazone groups is 2. The van der Waals surface area contributed by atoms with Crippen LogP contribution in [0, 0.1) is 13.8 Å². The normalized spacial score (nSPS) is 18.0. The number of benzene rings is 4. The van der Waals surface area contributed by atoms with Crippen molar-refractivity contribution in [2.75, 3.05) is 10.0 Å². The second-order valence-corrected chi connectivity index (χ2v) is 15.9. The van der Waals surface area contributed by atoms with E-state index in [-0.39, 0.29) is 21.4 Å². The molecule has 0 saturated heterocycles. The van der Waals surface area contributed by atoms with Gasteiger partial charge in [-0.05, 0) is 111 Å². The van der Waals surface area contributed by atoms with E-state index in [0.717, 1.165) is 56.5 Å². The number of halogens is 2. The number of amides is 2. The number of anilines is 2. The standard InChI is InChI=1S/C34H28Cl2N8O8S2/c1-17-13-21(37-39-31-19(3)41-43(33(31)45)29-15-23(53(47,48)49)7-11-27(29)35)5-9-25(17)26-10-6-22(14-18(26)2)38-40-32-20(4)42-44(34(32)46)30-16-24(54(50,51)52)8-12-28(30)36/h5-16,31-32H,1-4H3,(H,47,48,49)(H,50,51,52). The number of rotatable bonds is 9. The van der Waals surface area contributed by atoms with Gasteiger partial charge in [0, 0.05) is 0 Å². The summed E-state index contributed by atoms with van der Waals surface area (Å²) in [5, 5.41) is 27.2. The summed E-state index contributed by atoms with van der Waals surface area (Å²) in [7, 11) is -9.11. The predicted molar refractivity (Wildman–Crippen MR) is 202 cm³/mol. The fraction of sp³-hybridized carbons (Fsp3) is 0.176. The Morgan fingerprint density at radius 2 is 0.963 bits per heavy atom. The van der Waals surface area contributed by atoms with Crippen molar-refractivity contribution in [2.24, 2.45) is 30.7 Å². The van der Waals surface area contributed by atoms with Gasteiger partial charge >= 0.3 is 0 Å². The smallest absolute Gasteiger partial charge is 0.282 e. The van der Waals surface area contributed by atoms with Gasteiger partial charge in [-0.2, -0.15) is 57.5 Å². The first-order valence-electron chi connectivity index (χ1n) is 15.7. The molecule has 278 valence electrons. The van der Waals surface area contributed by atoms with E-state index < -0.39 is 53.9 Å². The molecular formula is C34H28Cl2N8O8S2. The van der Waals surface area contributed by atoms with Crippen molar-refractivity contribution in [1.82, 2.24) is 0 Å². The minimum Gasteiger partial charge on any atom is -0.282 e. The summed E-state index contributed by atoms with van der Waals surface area (Å²) in [5.74, 6) is -1.22. The van der Waals surface area contributed by atoms with E-state index in [1.54, 1.807) is 38.1 Å². The molecule has 2 heterocycles. The van der Waals surface area contributed by atoms with Crippen molar-refractivity contribution in [3.05, 3.63) is 94.0 Å². The van der Waals surface area contributed by atoms with Gasteiger partial charge in [0.2, 0.25) is 0 Å². The molecule has 0 saturated carbocycles. The Morgan fingerprint density at radius 3 is 1.30 bits per heavy atom. The van der Waals surface area contributed by atoms with Crippen LogP contribution in [-0.2, 0) is 29.8 Å². The summed E-state index contributed by atoms with van der Waals surface area (Å²) in [4.78, 5) is 25.5. The molecular weight excluding hydrogens is 783 g/mol. The van der Waals surface area contributed by atoms with Crippen molar-refractivity contribution < 1.29 is 35.5 Å². The lowest BCUT2D eigenvalue weighted by atomic mass is 9.96. The first kappa shape index (κ1) is 38.5. The van der Waals surface area contributed by atoms with Gasteiger partial charge in [0.05, 0.1) is 54.0 Å². The lowest BCUT2D eigenvalue weighted by Gasteiger charge is -2.15. The van der Waals surface area contributed by atoms with E-state index >= 15 is 0 Å². The van der Waals surface area contributed by atoms with Crippen molar-refractivity contribution in [3.8, 4) is 11.1 Å². The highest BCUT2D eigenvalue weighted by molar-refractivity contribution is 7.86. The molecule has 6 rings (SSSR count). The van der Waals surface area contributed by atoms with Gasteiger partial charge in [0.1, 0.15) is 0 Å². The van der Waals surface area contributed by atoms with Gasteiger partial charge in [-0.1, -0.05) is 35.3 Å². The average Bonchev–Trinajstić information content (AvgIpc) is 3.54. The summed E-state index contributed by atoms with van der Waals surface area (Å²) in [6.45, 7) is 6.92. The molecule has 2 atom stereocenters. The molecule has 2 unspecified atom stereocenters.